The minimum Gasteiger partial charge on any atom is -0.368 e. The van der Waals surface area contributed by atoms with Gasteiger partial charge in [-0.05, 0) is 18.2 Å². The zero-order chi connectivity index (χ0) is 21.0. The van der Waals surface area contributed by atoms with Crippen molar-refractivity contribution in [1.82, 2.24) is 29.0 Å². The van der Waals surface area contributed by atoms with Gasteiger partial charge in [0, 0.05) is 48.8 Å². The normalized spacial score (nSPS) is 17.2. The molecule has 0 radical (unpaired) electrons. The molecular formula is C20H21ClN6O3. The first-order valence-electron chi connectivity index (χ1n) is 9.70. The lowest BCUT2D eigenvalue weighted by atomic mass is 10.2. The van der Waals surface area contributed by atoms with Gasteiger partial charge in [-0.1, -0.05) is 17.7 Å². The van der Waals surface area contributed by atoms with Gasteiger partial charge >= 0.3 is 5.69 Å². The lowest BCUT2D eigenvalue weighted by molar-refractivity contribution is 0.0208. The largest absolute Gasteiger partial charge is 0.368 e. The second-order valence-electron chi connectivity index (χ2n) is 7.49. The van der Waals surface area contributed by atoms with Gasteiger partial charge in [-0.2, -0.15) is 0 Å². The highest BCUT2D eigenvalue weighted by molar-refractivity contribution is 6.35. The lowest BCUT2D eigenvalue weighted by Crippen LogP contribution is -2.40. The molecule has 5 rings (SSSR count). The Morgan fingerprint density at radius 3 is 2.83 bits per heavy atom. The van der Waals surface area contributed by atoms with Crippen molar-refractivity contribution in [2.75, 3.05) is 19.7 Å². The maximum atomic E-state index is 13.3. The molecule has 0 saturated carbocycles. The van der Waals surface area contributed by atoms with E-state index < -0.39 is 5.69 Å². The number of hydrogen-bond donors (Lipinski definition) is 2. The third-order valence-electron chi connectivity index (χ3n) is 5.61. The Balaban J connectivity index is 1.65. The molecule has 1 unspecified atom stereocenters. The highest BCUT2D eigenvalue weighted by atomic mass is 35.5. The van der Waals surface area contributed by atoms with Crippen molar-refractivity contribution in [3.05, 3.63) is 61.6 Å². The molecule has 4 aromatic rings. The van der Waals surface area contributed by atoms with Crippen molar-refractivity contribution in [3.8, 4) is 0 Å². The van der Waals surface area contributed by atoms with Crippen molar-refractivity contribution in [2.45, 2.75) is 12.6 Å². The minimum absolute atomic E-state index is 0.106. The van der Waals surface area contributed by atoms with Crippen LogP contribution in [0.25, 0.3) is 22.1 Å². The quantitative estimate of drug-likeness (QED) is 0.512. The number of morpholine rings is 1. The number of nitrogens with one attached hydrogen (secondary N) is 2. The van der Waals surface area contributed by atoms with Gasteiger partial charge in [0.25, 0.3) is 5.56 Å². The molecule has 0 aliphatic carbocycles. The maximum absolute atomic E-state index is 13.3. The SMILES string of the molecule is Cn1c(C2CNCCO2)nc2c1c(=O)n(Cc1cc3c(Cl)cccc3[nH]1)c(=O)n2C. The van der Waals surface area contributed by atoms with Gasteiger partial charge in [0.15, 0.2) is 11.2 Å². The number of ether oxygens (including phenoxy) is 1. The molecule has 9 nitrogen and oxygen atoms in total. The number of halogens is 1. The average Bonchev–Trinajstić information content (AvgIpc) is 3.32. The van der Waals surface area contributed by atoms with E-state index >= 15 is 0 Å². The Bertz CT molecular complexity index is 1390. The van der Waals surface area contributed by atoms with Crippen LogP contribution in [0, 0.1) is 0 Å². The second kappa shape index (κ2) is 7.12. The number of aromatic nitrogens is 5. The Labute approximate surface area is 175 Å². The van der Waals surface area contributed by atoms with Gasteiger partial charge < -0.3 is 19.6 Å². The number of H-pyrrole nitrogens is 1. The first kappa shape index (κ1) is 19.1. The van der Waals surface area contributed by atoms with Crippen LogP contribution in [0.2, 0.25) is 5.02 Å². The molecule has 1 atom stereocenters. The van der Waals surface area contributed by atoms with Crippen molar-refractivity contribution >= 4 is 33.7 Å². The van der Waals surface area contributed by atoms with Crippen LogP contribution >= 0.6 is 11.6 Å². The summed E-state index contributed by atoms with van der Waals surface area (Å²) in [6, 6.07) is 7.42. The van der Waals surface area contributed by atoms with Gasteiger partial charge in [0.2, 0.25) is 0 Å². The third kappa shape index (κ3) is 2.89. The molecule has 1 fully saturated rings. The van der Waals surface area contributed by atoms with Gasteiger partial charge in [0.05, 0.1) is 13.2 Å². The molecule has 1 aliphatic rings. The summed E-state index contributed by atoms with van der Waals surface area (Å²) in [4.78, 5) is 34.1. The van der Waals surface area contributed by atoms with Crippen molar-refractivity contribution in [3.63, 3.8) is 0 Å². The van der Waals surface area contributed by atoms with Crippen LogP contribution < -0.4 is 16.6 Å². The number of benzene rings is 1. The molecule has 156 valence electrons. The van der Waals surface area contributed by atoms with Gasteiger partial charge in [0.1, 0.15) is 11.9 Å². The van der Waals surface area contributed by atoms with Crippen LogP contribution in [0.15, 0.2) is 33.9 Å². The summed E-state index contributed by atoms with van der Waals surface area (Å²) in [5, 5.41) is 4.73. The number of aromatic amines is 1. The van der Waals surface area contributed by atoms with Crippen molar-refractivity contribution in [2.24, 2.45) is 14.1 Å². The van der Waals surface area contributed by atoms with Crippen LogP contribution in [-0.4, -0.2) is 43.4 Å². The van der Waals surface area contributed by atoms with Gasteiger partial charge in [-0.15, -0.1) is 0 Å². The van der Waals surface area contributed by atoms with E-state index in [0.29, 0.717) is 35.2 Å². The van der Waals surface area contributed by atoms with Crippen LogP contribution in [0.1, 0.15) is 17.6 Å². The molecule has 3 aromatic heterocycles. The Morgan fingerprint density at radius 2 is 2.10 bits per heavy atom. The van der Waals surface area contributed by atoms with Crippen LogP contribution in [0.3, 0.4) is 0 Å². The number of imidazole rings is 1. The van der Waals surface area contributed by atoms with Crippen LogP contribution in [-0.2, 0) is 25.4 Å². The van der Waals surface area contributed by atoms with Gasteiger partial charge in [-0.3, -0.25) is 13.9 Å². The molecule has 2 N–H and O–H groups in total. The highest BCUT2D eigenvalue weighted by Gasteiger charge is 2.25. The Hall–Kier alpha value is -2.88. The monoisotopic (exact) mass is 428 g/mol. The number of fused-ring (bicyclic) bond motifs is 2. The Kier molecular flexibility index (Phi) is 4.53. The molecule has 10 heteroatoms. The summed E-state index contributed by atoms with van der Waals surface area (Å²) in [7, 11) is 3.40. The van der Waals surface area contributed by atoms with E-state index in [4.69, 9.17) is 16.3 Å². The molecular weight excluding hydrogens is 408 g/mol. The average molecular weight is 429 g/mol. The number of aryl methyl sites for hydroxylation is 2. The smallest absolute Gasteiger partial charge is 0.332 e. The summed E-state index contributed by atoms with van der Waals surface area (Å²) >= 11 is 6.25. The molecule has 30 heavy (non-hydrogen) atoms. The van der Waals surface area contributed by atoms with Crippen molar-refractivity contribution in [1.29, 1.82) is 0 Å². The fourth-order valence-electron chi connectivity index (χ4n) is 4.05. The summed E-state index contributed by atoms with van der Waals surface area (Å²) in [6.07, 6.45) is -0.269. The van der Waals surface area contributed by atoms with Crippen LogP contribution in [0.5, 0.6) is 0 Å². The molecule has 1 aliphatic heterocycles. The lowest BCUT2D eigenvalue weighted by Gasteiger charge is -2.22. The topological polar surface area (TPSA) is 98.9 Å². The van der Waals surface area contributed by atoms with Crippen LogP contribution in [0.4, 0.5) is 0 Å². The third-order valence-corrected chi connectivity index (χ3v) is 5.93. The summed E-state index contributed by atoms with van der Waals surface area (Å²) in [5.41, 5.74) is 1.49. The fraction of sp³-hybridized carbons (Fsp3) is 0.350. The standard InChI is InChI=1S/C20H21ClN6O3/c1-25-16-18(24-17(25)15-9-22-6-7-30-15)26(2)20(29)27(19(16)28)10-11-8-12-13(21)4-3-5-14(12)23-11/h3-5,8,15,22-23H,6-7,9-10H2,1-2H3. The number of rotatable bonds is 3. The predicted octanol–water partition coefficient (Wildman–Crippen LogP) is 1.28. The zero-order valence-corrected chi connectivity index (χ0v) is 17.4. The Morgan fingerprint density at radius 1 is 1.27 bits per heavy atom. The van der Waals surface area contributed by atoms with E-state index in [0.717, 1.165) is 23.1 Å². The first-order valence-corrected chi connectivity index (χ1v) is 10.1. The number of hydrogen-bond acceptors (Lipinski definition) is 5. The zero-order valence-electron chi connectivity index (χ0n) is 16.6. The van der Waals surface area contributed by atoms with E-state index in [-0.39, 0.29) is 18.2 Å². The van der Waals surface area contributed by atoms with E-state index in [1.54, 1.807) is 24.7 Å². The van der Waals surface area contributed by atoms with Crippen molar-refractivity contribution < 1.29 is 4.74 Å². The molecule has 0 spiro atoms. The molecule has 1 aromatic carbocycles. The highest BCUT2D eigenvalue weighted by Crippen LogP contribution is 2.24. The maximum Gasteiger partial charge on any atom is 0.332 e. The summed E-state index contributed by atoms with van der Waals surface area (Å²) < 4.78 is 10.1. The molecule has 0 amide bonds. The molecule has 0 bridgehead atoms. The minimum atomic E-state index is -0.426. The van der Waals surface area contributed by atoms with E-state index in [1.807, 2.05) is 18.2 Å². The first-order chi connectivity index (χ1) is 14.5. The number of nitrogens with zero attached hydrogens (tertiary/aromatic N) is 4. The second-order valence-corrected chi connectivity index (χ2v) is 7.90. The van der Waals surface area contributed by atoms with E-state index in [1.165, 1.54) is 9.13 Å². The molecule has 1 saturated heterocycles. The van der Waals surface area contributed by atoms with E-state index in [9.17, 15) is 9.59 Å². The predicted molar refractivity (Wildman–Crippen MR) is 114 cm³/mol. The molecule has 4 heterocycles. The van der Waals surface area contributed by atoms with E-state index in [2.05, 4.69) is 15.3 Å². The fourth-order valence-corrected chi connectivity index (χ4v) is 4.28. The summed E-state index contributed by atoms with van der Waals surface area (Å²) in [5.74, 6) is 0.624. The summed E-state index contributed by atoms with van der Waals surface area (Å²) in [6.45, 7) is 2.06. The van der Waals surface area contributed by atoms with Gasteiger partial charge in [-0.25, -0.2) is 9.78 Å².